The highest BCUT2D eigenvalue weighted by molar-refractivity contribution is 6.11. The number of amides is 1. The van der Waals surface area contributed by atoms with Gasteiger partial charge in [0.1, 0.15) is 11.5 Å². The predicted molar refractivity (Wildman–Crippen MR) is 112 cm³/mol. The number of hydrogen-bond donors (Lipinski definition) is 1. The van der Waals surface area contributed by atoms with Gasteiger partial charge in [-0.1, -0.05) is 24.3 Å². The molecular formula is C23H15F3N4O2. The van der Waals surface area contributed by atoms with Crippen LogP contribution in [0, 0.1) is 0 Å². The van der Waals surface area contributed by atoms with E-state index in [0.29, 0.717) is 16.7 Å². The second-order valence-corrected chi connectivity index (χ2v) is 7.14. The molecule has 0 unspecified atom stereocenters. The van der Waals surface area contributed by atoms with Crippen molar-refractivity contribution >= 4 is 33.7 Å². The molecule has 3 heterocycles. The molecule has 5 aromatic rings. The molecule has 0 radical (unpaired) electrons. The van der Waals surface area contributed by atoms with Crippen molar-refractivity contribution < 1.29 is 22.4 Å². The number of nitrogens with one attached hydrogen (secondary N) is 1. The van der Waals surface area contributed by atoms with Crippen LogP contribution in [0.1, 0.15) is 21.8 Å². The number of carbonyl (C=O) groups is 1. The second kappa shape index (κ2) is 7.52. The van der Waals surface area contributed by atoms with Gasteiger partial charge in [-0.15, -0.1) is 0 Å². The number of furan rings is 1. The van der Waals surface area contributed by atoms with Gasteiger partial charge < -0.3 is 8.98 Å². The molecule has 5 rings (SSSR count). The maximum Gasteiger partial charge on any atom is 0.416 e. The van der Waals surface area contributed by atoms with Crippen LogP contribution in [0.3, 0.4) is 0 Å². The van der Waals surface area contributed by atoms with Crippen LogP contribution in [0.25, 0.3) is 21.8 Å². The zero-order valence-electron chi connectivity index (χ0n) is 16.4. The van der Waals surface area contributed by atoms with Gasteiger partial charge in [0.2, 0.25) is 5.95 Å². The minimum absolute atomic E-state index is 0.0930. The molecule has 2 aromatic carbocycles. The van der Waals surface area contributed by atoms with Gasteiger partial charge in [-0.05, 0) is 41.8 Å². The number of aromatic nitrogens is 3. The summed E-state index contributed by atoms with van der Waals surface area (Å²) >= 11 is 0. The highest BCUT2D eigenvalue weighted by Crippen LogP contribution is 2.32. The van der Waals surface area contributed by atoms with Crippen molar-refractivity contribution in [1.82, 2.24) is 14.5 Å². The third kappa shape index (κ3) is 3.58. The number of fused-ring (bicyclic) bond motifs is 2. The van der Waals surface area contributed by atoms with Crippen LogP contribution in [0.5, 0.6) is 0 Å². The van der Waals surface area contributed by atoms with Crippen LogP contribution >= 0.6 is 0 Å². The fourth-order valence-corrected chi connectivity index (χ4v) is 3.58. The van der Waals surface area contributed by atoms with Gasteiger partial charge in [0.15, 0.2) is 0 Å². The Hall–Kier alpha value is -4.14. The first-order valence-corrected chi connectivity index (χ1v) is 9.65. The van der Waals surface area contributed by atoms with Crippen molar-refractivity contribution in [1.29, 1.82) is 0 Å². The summed E-state index contributed by atoms with van der Waals surface area (Å²) in [5, 5.41) is 4.20. The lowest BCUT2D eigenvalue weighted by Crippen LogP contribution is -2.18. The van der Waals surface area contributed by atoms with Gasteiger partial charge in [0.05, 0.1) is 29.4 Å². The molecule has 0 saturated heterocycles. The fraction of sp³-hybridized carbons (Fsp3) is 0.0870. The van der Waals surface area contributed by atoms with E-state index in [1.54, 1.807) is 34.9 Å². The van der Waals surface area contributed by atoms with E-state index in [1.165, 1.54) is 18.5 Å². The smallest absolute Gasteiger partial charge is 0.416 e. The Morgan fingerprint density at radius 3 is 2.69 bits per heavy atom. The number of nitrogens with zero attached hydrogens (tertiary/aromatic N) is 3. The van der Waals surface area contributed by atoms with E-state index in [9.17, 15) is 18.0 Å². The van der Waals surface area contributed by atoms with E-state index in [2.05, 4.69) is 15.3 Å². The molecule has 0 aliphatic rings. The SMILES string of the molecule is O=C(Nc1nc2cc(C(F)(F)F)ccc2n1Cc1ccco1)c1nccc2ccccc12. The van der Waals surface area contributed by atoms with Crippen molar-refractivity contribution in [3.8, 4) is 0 Å². The zero-order chi connectivity index (χ0) is 22.3. The first-order chi connectivity index (χ1) is 15.4. The van der Waals surface area contributed by atoms with Gasteiger partial charge >= 0.3 is 6.18 Å². The summed E-state index contributed by atoms with van der Waals surface area (Å²) in [6.07, 6.45) is -1.48. The van der Waals surface area contributed by atoms with E-state index in [-0.39, 0.29) is 23.7 Å². The average Bonchev–Trinajstić information content (AvgIpc) is 3.41. The van der Waals surface area contributed by atoms with Crippen molar-refractivity contribution in [2.45, 2.75) is 12.7 Å². The zero-order valence-corrected chi connectivity index (χ0v) is 16.4. The van der Waals surface area contributed by atoms with Crippen molar-refractivity contribution in [3.63, 3.8) is 0 Å². The Labute approximate surface area is 179 Å². The molecule has 1 N–H and O–H groups in total. The molecule has 1 amide bonds. The summed E-state index contributed by atoms with van der Waals surface area (Å²) in [6.45, 7) is 0.174. The quantitative estimate of drug-likeness (QED) is 0.404. The summed E-state index contributed by atoms with van der Waals surface area (Å²) in [5.41, 5.74) is -0.0972. The normalized spacial score (nSPS) is 11.8. The second-order valence-electron chi connectivity index (χ2n) is 7.14. The van der Waals surface area contributed by atoms with Crippen molar-refractivity contribution in [3.05, 3.63) is 90.1 Å². The summed E-state index contributed by atoms with van der Waals surface area (Å²) < 4.78 is 46.5. The third-order valence-corrected chi connectivity index (χ3v) is 5.08. The van der Waals surface area contributed by atoms with Crippen LogP contribution in [-0.4, -0.2) is 20.4 Å². The summed E-state index contributed by atoms with van der Waals surface area (Å²) in [7, 11) is 0. The number of halogens is 3. The molecule has 6 nitrogen and oxygen atoms in total. The van der Waals surface area contributed by atoms with E-state index in [1.807, 2.05) is 12.1 Å². The lowest BCUT2D eigenvalue weighted by atomic mass is 10.1. The minimum atomic E-state index is -4.50. The predicted octanol–water partition coefficient (Wildman–Crippen LogP) is 5.50. The molecule has 0 atom stereocenters. The first-order valence-electron chi connectivity index (χ1n) is 9.65. The molecule has 160 valence electrons. The van der Waals surface area contributed by atoms with Gasteiger partial charge in [-0.3, -0.25) is 15.1 Å². The van der Waals surface area contributed by atoms with Crippen LogP contribution in [-0.2, 0) is 12.7 Å². The molecule has 0 aliphatic carbocycles. The molecule has 9 heteroatoms. The Morgan fingerprint density at radius 1 is 1.06 bits per heavy atom. The van der Waals surface area contributed by atoms with Gasteiger partial charge in [0, 0.05) is 11.6 Å². The number of benzene rings is 2. The van der Waals surface area contributed by atoms with Crippen molar-refractivity contribution in [2.75, 3.05) is 5.32 Å². The molecular weight excluding hydrogens is 421 g/mol. The Kier molecular flexibility index (Phi) is 4.66. The Balaban J connectivity index is 1.59. The molecule has 0 aliphatic heterocycles. The van der Waals surface area contributed by atoms with E-state index >= 15 is 0 Å². The molecule has 0 fully saturated rings. The van der Waals surface area contributed by atoms with Crippen molar-refractivity contribution in [2.24, 2.45) is 0 Å². The van der Waals surface area contributed by atoms with Crippen LogP contribution in [0.2, 0.25) is 0 Å². The summed E-state index contributed by atoms with van der Waals surface area (Å²) in [4.78, 5) is 21.5. The van der Waals surface area contributed by atoms with Crippen LogP contribution < -0.4 is 5.32 Å². The van der Waals surface area contributed by atoms with E-state index in [4.69, 9.17) is 4.42 Å². The third-order valence-electron chi connectivity index (χ3n) is 5.08. The lowest BCUT2D eigenvalue weighted by molar-refractivity contribution is -0.137. The van der Waals surface area contributed by atoms with Gasteiger partial charge in [-0.25, -0.2) is 4.98 Å². The van der Waals surface area contributed by atoms with Crippen LogP contribution in [0.4, 0.5) is 19.1 Å². The topological polar surface area (TPSA) is 73.0 Å². The lowest BCUT2D eigenvalue weighted by Gasteiger charge is -2.10. The van der Waals surface area contributed by atoms with E-state index < -0.39 is 17.6 Å². The molecule has 0 bridgehead atoms. The molecule has 0 saturated carbocycles. The summed E-state index contributed by atoms with van der Waals surface area (Å²) in [5.74, 6) is 0.132. The number of alkyl halides is 3. The van der Waals surface area contributed by atoms with E-state index in [0.717, 1.165) is 17.5 Å². The van der Waals surface area contributed by atoms with Gasteiger partial charge in [-0.2, -0.15) is 13.2 Å². The maximum atomic E-state index is 13.2. The molecule has 3 aromatic heterocycles. The fourth-order valence-electron chi connectivity index (χ4n) is 3.58. The Morgan fingerprint density at radius 2 is 1.91 bits per heavy atom. The number of carbonyl (C=O) groups excluding carboxylic acids is 1. The Bertz CT molecular complexity index is 1430. The maximum absolute atomic E-state index is 13.2. The number of rotatable bonds is 4. The average molecular weight is 436 g/mol. The van der Waals surface area contributed by atoms with Crippen LogP contribution in [0.15, 0.2) is 77.5 Å². The number of hydrogen-bond acceptors (Lipinski definition) is 4. The molecule has 0 spiro atoms. The standard InChI is InChI=1S/C23H15F3N4O2/c24-23(25,26)15-7-8-19-18(12-15)28-22(30(19)13-16-5-3-11-32-16)29-21(31)20-17-6-2-1-4-14(17)9-10-27-20/h1-12H,13H2,(H,28,29,31). The highest BCUT2D eigenvalue weighted by Gasteiger charge is 2.31. The highest BCUT2D eigenvalue weighted by atomic mass is 19.4. The molecule has 32 heavy (non-hydrogen) atoms. The monoisotopic (exact) mass is 436 g/mol. The first kappa shape index (κ1) is 19.8. The van der Waals surface area contributed by atoms with Gasteiger partial charge in [0.25, 0.3) is 5.91 Å². The summed E-state index contributed by atoms with van der Waals surface area (Å²) in [6, 6.07) is 15.8. The number of anilines is 1. The number of pyridine rings is 1. The minimum Gasteiger partial charge on any atom is -0.467 e. The largest absolute Gasteiger partial charge is 0.467 e. The number of imidazole rings is 1.